The first-order valence-electron chi connectivity index (χ1n) is 3.84. The van der Waals surface area contributed by atoms with E-state index in [1.165, 1.54) is 6.34 Å². The molecule has 1 N–H and O–H groups in total. The lowest BCUT2D eigenvalue weighted by molar-refractivity contribution is 1.30. The van der Waals surface area contributed by atoms with Gasteiger partial charge >= 0.3 is 0 Å². The number of nitrogens with one attached hydrogen (secondary N) is 1. The van der Waals surface area contributed by atoms with Crippen molar-refractivity contribution in [1.29, 1.82) is 5.41 Å². The smallest absolute Gasteiger partial charge is 0.153 e. The number of aliphatic imine (C=N–C) groups is 2. The lowest BCUT2D eigenvalue weighted by Gasteiger charge is -1.94. The lowest BCUT2D eigenvalue weighted by Crippen LogP contribution is -1.94. The molecule has 0 bridgehead atoms. The number of hydrogen-bond donors (Lipinski definition) is 1. The molecule has 0 saturated heterocycles. The largest absolute Gasteiger partial charge is 0.282 e. The van der Waals surface area contributed by atoms with E-state index < -0.39 is 0 Å². The molecule has 0 aliphatic heterocycles. The zero-order valence-corrected chi connectivity index (χ0v) is 7.31. The fraction of sp³-hybridized carbons (Fsp3) is 0.111. The zero-order chi connectivity index (χ0) is 9.52. The van der Waals surface area contributed by atoms with Crippen LogP contribution in [-0.2, 0) is 0 Å². The highest BCUT2D eigenvalue weighted by atomic mass is 14.9. The Balaban J connectivity index is 2.70. The van der Waals surface area contributed by atoms with Crippen LogP contribution >= 0.6 is 0 Å². The van der Waals surface area contributed by atoms with E-state index in [1.807, 2.05) is 0 Å². The third-order valence-corrected chi connectivity index (χ3v) is 1.36. The Bertz CT molecular complexity index is 327. The van der Waals surface area contributed by atoms with Crippen LogP contribution in [0.5, 0.6) is 0 Å². The van der Waals surface area contributed by atoms with Gasteiger partial charge in [-0.3, -0.25) is 10.4 Å². The molecule has 66 valence electrons. The van der Waals surface area contributed by atoms with Crippen LogP contribution in [0.1, 0.15) is 12.5 Å². The number of pyridine rings is 1. The van der Waals surface area contributed by atoms with Gasteiger partial charge in [0.15, 0.2) is 5.84 Å². The Morgan fingerprint density at radius 2 is 2.15 bits per heavy atom. The van der Waals surface area contributed by atoms with Crippen LogP contribution < -0.4 is 0 Å². The van der Waals surface area contributed by atoms with Crippen LogP contribution in [0.3, 0.4) is 0 Å². The fourth-order valence-corrected chi connectivity index (χ4v) is 0.742. The first kappa shape index (κ1) is 9.25. The lowest BCUT2D eigenvalue weighted by atomic mass is 10.2. The van der Waals surface area contributed by atoms with Crippen LogP contribution in [0.4, 0.5) is 0 Å². The van der Waals surface area contributed by atoms with Gasteiger partial charge in [-0.05, 0) is 19.1 Å². The molecule has 1 aromatic heterocycles. The molecule has 0 saturated carbocycles. The molecular formula is C9H10N4. The Hall–Kier alpha value is -1.84. The predicted octanol–water partition coefficient (Wildman–Crippen LogP) is 1.53. The van der Waals surface area contributed by atoms with Gasteiger partial charge in [0.25, 0.3) is 0 Å². The monoisotopic (exact) mass is 174 g/mol. The van der Waals surface area contributed by atoms with E-state index in [9.17, 15) is 0 Å². The summed E-state index contributed by atoms with van der Waals surface area (Å²) in [5.41, 5.74) is 0.734. The summed E-state index contributed by atoms with van der Waals surface area (Å²) in [6.45, 7) is 1.79. The van der Waals surface area contributed by atoms with E-state index in [2.05, 4.69) is 15.0 Å². The molecule has 0 aliphatic rings. The van der Waals surface area contributed by atoms with Gasteiger partial charge in [-0.15, -0.1) is 0 Å². The number of amidine groups is 1. The van der Waals surface area contributed by atoms with Gasteiger partial charge in [0.2, 0.25) is 0 Å². The molecule has 0 fully saturated rings. The minimum Gasteiger partial charge on any atom is -0.282 e. The van der Waals surface area contributed by atoms with Crippen LogP contribution in [0, 0.1) is 5.41 Å². The Morgan fingerprint density at radius 3 is 2.77 bits per heavy atom. The number of nitrogens with zero attached hydrogens (tertiary/aromatic N) is 3. The molecule has 13 heavy (non-hydrogen) atoms. The van der Waals surface area contributed by atoms with Crippen molar-refractivity contribution >= 4 is 18.4 Å². The minimum atomic E-state index is 0.188. The normalized spacial score (nSPS) is 11.2. The second-order valence-corrected chi connectivity index (χ2v) is 2.24. The summed E-state index contributed by atoms with van der Waals surface area (Å²) in [7, 11) is 0. The Kier molecular flexibility index (Phi) is 3.50. The van der Waals surface area contributed by atoms with Crippen molar-refractivity contribution < 1.29 is 0 Å². The van der Waals surface area contributed by atoms with Gasteiger partial charge in [-0.1, -0.05) is 0 Å². The zero-order valence-electron chi connectivity index (χ0n) is 7.31. The molecule has 4 heteroatoms. The molecule has 0 amide bonds. The predicted molar refractivity (Wildman–Crippen MR) is 53.7 cm³/mol. The molecular weight excluding hydrogens is 164 g/mol. The van der Waals surface area contributed by atoms with Crippen LogP contribution in [0.2, 0.25) is 0 Å². The molecule has 0 aromatic carbocycles. The molecule has 1 aromatic rings. The summed E-state index contributed by atoms with van der Waals surface area (Å²) in [6.07, 6.45) is 6.22. The highest BCUT2D eigenvalue weighted by Gasteiger charge is 1.94. The standard InChI is InChI=1S/C9H10N4/c1-2-11-7-13-9(10)8-3-5-12-6-4-8/h2-7,10H,1H3/b10-9?,11-2-,13-7-. The molecule has 4 nitrogen and oxygen atoms in total. The molecule has 0 aliphatic carbocycles. The van der Waals surface area contributed by atoms with Gasteiger partial charge in [-0.25, -0.2) is 9.98 Å². The van der Waals surface area contributed by atoms with Crippen LogP contribution in [0.25, 0.3) is 0 Å². The van der Waals surface area contributed by atoms with E-state index in [0.29, 0.717) is 0 Å². The second-order valence-electron chi connectivity index (χ2n) is 2.24. The van der Waals surface area contributed by atoms with Gasteiger partial charge < -0.3 is 0 Å². The van der Waals surface area contributed by atoms with E-state index in [-0.39, 0.29) is 5.84 Å². The highest BCUT2D eigenvalue weighted by molar-refractivity contribution is 6.00. The molecule has 0 atom stereocenters. The molecule has 0 unspecified atom stereocenters. The third kappa shape index (κ3) is 2.94. The second kappa shape index (κ2) is 4.92. The van der Waals surface area contributed by atoms with Gasteiger partial charge in [0.1, 0.15) is 6.34 Å². The fourth-order valence-electron chi connectivity index (χ4n) is 0.742. The SMILES string of the molecule is C/C=N\C=N/C(=N)c1ccncc1. The van der Waals surface area contributed by atoms with Crippen molar-refractivity contribution in [3.63, 3.8) is 0 Å². The summed E-state index contributed by atoms with van der Waals surface area (Å²) >= 11 is 0. The number of rotatable bonds is 2. The van der Waals surface area contributed by atoms with E-state index in [4.69, 9.17) is 5.41 Å². The van der Waals surface area contributed by atoms with Crippen molar-refractivity contribution in [2.75, 3.05) is 0 Å². The molecule has 0 spiro atoms. The topological polar surface area (TPSA) is 61.5 Å². The molecule has 1 rings (SSSR count). The van der Waals surface area contributed by atoms with Crippen LogP contribution in [-0.4, -0.2) is 23.4 Å². The van der Waals surface area contributed by atoms with Gasteiger partial charge in [0.05, 0.1) is 0 Å². The quantitative estimate of drug-likeness (QED) is 0.536. The summed E-state index contributed by atoms with van der Waals surface area (Å²) in [5.74, 6) is 0.188. The highest BCUT2D eigenvalue weighted by Crippen LogP contribution is 1.97. The average molecular weight is 174 g/mol. The summed E-state index contributed by atoms with van der Waals surface area (Å²) in [4.78, 5) is 11.4. The minimum absolute atomic E-state index is 0.188. The number of aromatic nitrogens is 1. The Morgan fingerprint density at radius 1 is 1.46 bits per heavy atom. The van der Waals surface area contributed by atoms with Crippen molar-refractivity contribution in [2.24, 2.45) is 9.98 Å². The summed E-state index contributed by atoms with van der Waals surface area (Å²) < 4.78 is 0. The van der Waals surface area contributed by atoms with Crippen molar-refractivity contribution in [3.05, 3.63) is 30.1 Å². The number of hydrogen-bond acceptors (Lipinski definition) is 2. The van der Waals surface area contributed by atoms with Crippen LogP contribution in [0.15, 0.2) is 34.5 Å². The van der Waals surface area contributed by atoms with E-state index >= 15 is 0 Å². The van der Waals surface area contributed by atoms with Crippen molar-refractivity contribution in [3.8, 4) is 0 Å². The van der Waals surface area contributed by atoms with E-state index in [1.54, 1.807) is 37.7 Å². The van der Waals surface area contributed by atoms with Gasteiger partial charge in [0, 0.05) is 24.2 Å². The third-order valence-electron chi connectivity index (χ3n) is 1.36. The van der Waals surface area contributed by atoms with E-state index in [0.717, 1.165) is 5.56 Å². The first-order chi connectivity index (χ1) is 6.34. The average Bonchev–Trinajstić information content (AvgIpc) is 2.19. The summed E-state index contributed by atoms with van der Waals surface area (Å²) in [6, 6.07) is 3.46. The molecule has 1 heterocycles. The maximum atomic E-state index is 7.51. The maximum absolute atomic E-state index is 7.51. The first-order valence-corrected chi connectivity index (χ1v) is 3.84. The maximum Gasteiger partial charge on any atom is 0.153 e. The van der Waals surface area contributed by atoms with Crippen molar-refractivity contribution in [1.82, 2.24) is 4.98 Å². The summed E-state index contributed by atoms with van der Waals surface area (Å²) in [5, 5.41) is 7.51. The van der Waals surface area contributed by atoms with Crippen molar-refractivity contribution in [2.45, 2.75) is 6.92 Å². The Labute approximate surface area is 76.6 Å². The van der Waals surface area contributed by atoms with Gasteiger partial charge in [-0.2, -0.15) is 0 Å². The molecule has 0 radical (unpaired) electrons.